The van der Waals surface area contributed by atoms with E-state index < -0.39 is 0 Å². The van der Waals surface area contributed by atoms with Crippen LogP contribution in [0.15, 0.2) is 35.7 Å². The Bertz CT molecular complexity index is 656. The van der Waals surface area contributed by atoms with E-state index in [2.05, 4.69) is 20.5 Å². The van der Waals surface area contributed by atoms with E-state index in [0.29, 0.717) is 29.5 Å². The molecule has 0 aliphatic carbocycles. The third-order valence-electron chi connectivity index (χ3n) is 3.18. The van der Waals surface area contributed by atoms with Gasteiger partial charge in [0, 0.05) is 24.3 Å². The zero-order valence-electron chi connectivity index (χ0n) is 13.1. The number of nitrogens with zero attached hydrogens (tertiary/aromatic N) is 3. The highest BCUT2D eigenvalue weighted by atomic mass is 32.2. The highest BCUT2D eigenvalue weighted by Gasteiger charge is 2.13. The third-order valence-corrected chi connectivity index (χ3v) is 4.05. The summed E-state index contributed by atoms with van der Waals surface area (Å²) in [6.45, 7) is 5.18. The summed E-state index contributed by atoms with van der Waals surface area (Å²) in [5, 5.41) is 9.76. The maximum Gasteiger partial charge on any atom is 0.253 e. The molecule has 2 rings (SSSR count). The molecular weight excluding hydrogens is 314 g/mol. The number of hydrogen-bond donors (Lipinski definition) is 2. The van der Waals surface area contributed by atoms with Crippen LogP contribution in [0.1, 0.15) is 24.2 Å². The Morgan fingerprint density at radius 3 is 2.74 bits per heavy atom. The van der Waals surface area contributed by atoms with Crippen molar-refractivity contribution in [2.45, 2.75) is 19.0 Å². The number of carbonyl (C=O) groups excluding carboxylic acids is 2. The average Bonchev–Trinajstić information content (AvgIpc) is 3.08. The van der Waals surface area contributed by atoms with Crippen LogP contribution in [0, 0.1) is 0 Å². The summed E-state index contributed by atoms with van der Waals surface area (Å²) in [5.41, 5.74) is 1.17. The molecule has 0 spiro atoms. The quantitative estimate of drug-likeness (QED) is 0.757. The fourth-order valence-corrected chi connectivity index (χ4v) is 2.60. The van der Waals surface area contributed by atoms with Crippen LogP contribution in [0.25, 0.3) is 0 Å². The van der Waals surface area contributed by atoms with E-state index >= 15 is 0 Å². The van der Waals surface area contributed by atoms with Gasteiger partial charge in [-0.25, -0.2) is 4.98 Å². The molecule has 2 amide bonds. The van der Waals surface area contributed by atoms with Crippen molar-refractivity contribution in [2.24, 2.45) is 0 Å². The van der Waals surface area contributed by atoms with E-state index in [1.54, 1.807) is 29.2 Å². The third kappa shape index (κ3) is 4.82. The van der Waals surface area contributed by atoms with Crippen LogP contribution in [0.5, 0.6) is 0 Å². The smallest absolute Gasteiger partial charge is 0.253 e. The van der Waals surface area contributed by atoms with Gasteiger partial charge in [0.05, 0.1) is 5.75 Å². The fourth-order valence-electron chi connectivity index (χ4n) is 2.02. The summed E-state index contributed by atoms with van der Waals surface area (Å²) in [4.78, 5) is 29.9. The summed E-state index contributed by atoms with van der Waals surface area (Å²) in [6, 6.07) is 6.96. The van der Waals surface area contributed by atoms with Gasteiger partial charge in [-0.05, 0) is 32.0 Å². The Morgan fingerprint density at radius 1 is 1.30 bits per heavy atom. The average molecular weight is 333 g/mol. The van der Waals surface area contributed by atoms with Crippen molar-refractivity contribution in [2.75, 3.05) is 24.2 Å². The molecule has 0 atom stereocenters. The minimum atomic E-state index is -0.168. The number of aromatic nitrogens is 3. The molecule has 23 heavy (non-hydrogen) atoms. The van der Waals surface area contributed by atoms with Crippen molar-refractivity contribution in [3.05, 3.63) is 36.2 Å². The number of hydrogen-bond acceptors (Lipinski definition) is 5. The minimum Gasteiger partial charge on any atom is -0.339 e. The topological polar surface area (TPSA) is 91.0 Å². The molecule has 0 radical (unpaired) electrons. The Hall–Kier alpha value is -2.35. The lowest BCUT2D eigenvalue weighted by Crippen LogP contribution is -2.30. The first-order valence-electron chi connectivity index (χ1n) is 7.31. The lowest BCUT2D eigenvalue weighted by atomic mass is 10.1. The van der Waals surface area contributed by atoms with Crippen molar-refractivity contribution in [1.29, 1.82) is 0 Å². The largest absolute Gasteiger partial charge is 0.339 e. The Morgan fingerprint density at radius 2 is 2.09 bits per heavy atom. The van der Waals surface area contributed by atoms with E-state index in [0.717, 1.165) is 0 Å². The van der Waals surface area contributed by atoms with Crippen LogP contribution < -0.4 is 5.32 Å². The lowest BCUT2D eigenvalue weighted by Gasteiger charge is -2.19. The van der Waals surface area contributed by atoms with Gasteiger partial charge in [-0.1, -0.05) is 17.8 Å². The van der Waals surface area contributed by atoms with Gasteiger partial charge < -0.3 is 10.2 Å². The first-order valence-corrected chi connectivity index (χ1v) is 8.30. The first-order chi connectivity index (χ1) is 11.1. The summed E-state index contributed by atoms with van der Waals surface area (Å²) < 4.78 is 0. The van der Waals surface area contributed by atoms with Gasteiger partial charge >= 0.3 is 0 Å². The number of H-pyrrole nitrogens is 1. The van der Waals surface area contributed by atoms with E-state index in [1.807, 2.05) is 13.8 Å². The van der Waals surface area contributed by atoms with Crippen LogP contribution in [0.4, 0.5) is 5.69 Å². The molecule has 0 unspecified atom stereocenters. The first kappa shape index (κ1) is 17.0. The number of carbonyl (C=O) groups is 2. The molecule has 7 nitrogen and oxygen atoms in total. The van der Waals surface area contributed by atoms with Crippen LogP contribution in [0.3, 0.4) is 0 Å². The standard InChI is InChI=1S/C15H19N5O2S/c1-3-20(4-2)14(22)11-6-5-7-12(8-11)18-13(21)9-23-15-16-10-17-19-15/h5-8,10H,3-4,9H2,1-2H3,(H,18,21)(H,16,17,19). The molecule has 0 aliphatic rings. The summed E-state index contributed by atoms with van der Waals surface area (Å²) >= 11 is 1.26. The maximum absolute atomic E-state index is 12.3. The number of anilines is 1. The van der Waals surface area contributed by atoms with Crippen LogP contribution in [0.2, 0.25) is 0 Å². The zero-order chi connectivity index (χ0) is 16.7. The van der Waals surface area contributed by atoms with Crippen LogP contribution in [-0.2, 0) is 4.79 Å². The van der Waals surface area contributed by atoms with Crippen molar-refractivity contribution < 1.29 is 9.59 Å². The Balaban J connectivity index is 1.96. The van der Waals surface area contributed by atoms with E-state index in [9.17, 15) is 9.59 Å². The van der Waals surface area contributed by atoms with Gasteiger partial charge in [0.25, 0.3) is 5.91 Å². The van der Waals surface area contributed by atoms with Crippen molar-refractivity contribution in [1.82, 2.24) is 20.1 Å². The lowest BCUT2D eigenvalue weighted by molar-refractivity contribution is -0.113. The molecule has 0 aliphatic heterocycles. The second-order valence-electron chi connectivity index (χ2n) is 4.69. The molecule has 1 aromatic carbocycles. The summed E-state index contributed by atoms with van der Waals surface area (Å²) in [6.07, 6.45) is 1.39. The van der Waals surface area contributed by atoms with Gasteiger partial charge in [0.1, 0.15) is 6.33 Å². The van der Waals surface area contributed by atoms with Crippen LogP contribution in [-0.4, -0.2) is 50.7 Å². The number of aromatic amines is 1. The van der Waals surface area contributed by atoms with E-state index in [1.165, 1.54) is 18.1 Å². The molecule has 0 fully saturated rings. The molecule has 2 N–H and O–H groups in total. The molecule has 2 aromatic rings. The van der Waals surface area contributed by atoms with Gasteiger partial charge in [-0.2, -0.15) is 5.10 Å². The summed E-state index contributed by atoms with van der Waals surface area (Å²) in [5.74, 6) is 0.00429. The molecule has 0 saturated carbocycles. The second kappa shape index (κ2) is 8.33. The Kier molecular flexibility index (Phi) is 6.16. The number of thioether (sulfide) groups is 1. The minimum absolute atomic E-state index is 0.0397. The van der Waals surface area contributed by atoms with E-state index in [4.69, 9.17) is 0 Å². The van der Waals surface area contributed by atoms with Gasteiger partial charge in [-0.15, -0.1) is 0 Å². The van der Waals surface area contributed by atoms with Gasteiger partial charge in [-0.3, -0.25) is 14.7 Å². The number of benzene rings is 1. The van der Waals surface area contributed by atoms with E-state index in [-0.39, 0.29) is 17.6 Å². The Labute approximate surface area is 138 Å². The molecule has 1 aromatic heterocycles. The highest BCUT2D eigenvalue weighted by Crippen LogP contribution is 2.15. The molecule has 8 heteroatoms. The van der Waals surface area contributed by atoms with Crippen molar-refractivity contribution in [3.8, 4) is 0 Å². The van der Waals surface area contributed by atoms with Crippen LogP contribution >= 0.6 is 11.8 Å². The molecular formula is C15H19N5O2S. The van der Waals surface area contributed by atoms with Crippen molar-refractivity contribution in [3.63, 3.8) is 0 Å². The maximum atomic E-state index is 12.3. The molecule has 122 valence electrons. The highest BCUT2D eigenvalue weighted by molar-refractivity contribution is 7.99. The molecule has 1 heterocycles. The number of rotatable bonds is 7. The van der Waals surface area contributed by atoms with Crippen molar-refractivity contribution >= 4 is 29.3 Å². The van der Waals surface area contributed by atoms with Gasteiger partial charge in [0.2, 0.25) is 5.91 Å². The zero-order valence-corrected chi connectivity index (χ0v) is 13.9. The monoisotopic (exact) mass is 333 g/mol. The molecule has 0 saturated heterocycles. The van der Waals surface area contributed by atoms with Gasteiger partial charge in [0.15, 0.2) is 5.16 Å². The predicted octanol–water partition coefficient (Wildman–Crippen LogP) is 2.02. The summed E-state index contributed by atoms with van der Waals surface area (Å²) in [7, 11) is 0. The molecule has 0 bridgehead atoms. The fraction of sp³-hybridized carbons (Fsp3) is 0.333. The number of amides is 2. The normalized spacial score (nSPS) is 10.3. The second-order valence-corrected chi connectivity index (χ2v) is 5.65. The predicted molar refractivity (Wildman–Crippen MR) is 89.4 cm³/mol. The SMILES string of the molecule is CCN(CC)C(=O)c1cccc(NC(=O)CSc2ncn[nH]2)c1. The number of nitrogens with one attached hydrogen (secondary N) is 2.